The van der Waals surface area contributed by atoms with Gasteiger partial charge in [0.05, 0.1) is 12.7 Å². The van der Waals surface area contributed by atoms with E-state index in [0.717, 1.165) is 10.6 Å². The zero-order chi connectivity index (χ0) is 13.6. The number of nitrogens with one attached hydrogen (secondary N) is 1. The van der Waals surface area contributed by atoms with Gasteiger partial charge >= 0.3 is 0 Å². The average Bonchev–Trinajstić information content (AvgIpc) is 2.34. The van der Waals surface area contributed by atoms with Gasteiger partial charge in [-0.15, -0.1) is 0 Å². The zero-order valence-corrected chi connectivity index (χ0v) is 12.0. The van der Waals surface area contributed by atoms with Crippen LogP contribution in [0.2, 0.25) is 5.02 Å². The summed E-state index contributed by atoms with van der Waals surface area (Å²) >= 11 is 5.87. The maximum atomic E-state index is 9.73. The second kappa shape index (κ2) is 7.10. The highest BCUT2D eigenvalue weighted by molar-refractivity contribution is 6.30. The molecule has 0 aliphatic rings. The third-order valence-corrected chi connectivity index (χ3v) is 3.11. The number of aliphatic hydroxyl groups excluding tert-OH is 1. The van der Waals surface area contributed by atoms with Crippen molar-refractivity contribution in [1.82, 2.24) is 5.32 Å². The first-order valence-corrected chi connectivity index (χ1v) is 6.60. The number of rotatable bonds is 7. The highest BCUT2D eigenvalue weighted by Crippen LogP contribution is 2.21. The van der Waals surface area contributed by atoms with Crippen LogP contribution in [0.4, 0.5) is 0 Å². The topological polar surface area (TPSA) is 41.5 Å². The van der Waals surface area contributed by atoms with Crippen molar-refractivity contribution in [2.24, 2.45) is 0 Å². The van der Waals surface area contributed by atoms with E-state index in [9.17, 15) is 5.11 Å². The molecule has 102 valence electrons. The number of hydrogen-bond donors (Lipinski definition) is 2. The Balaban J connectivity index is 2.51. The summed E-state index contributed by atoms with van der Waals surface area (Å²) in [7, 11) is 0. The van der Waals surface area contributed by atoms with Crippen LogP contribution in [-0.4, -0.2) is 31.0 Å². The molecule has 0 saturated heterocycles. The minimum Gasteiger partial charge on any atom is -0.389 e. The van der Waals surface area contributed by atoms with Crippen molar-refractivity contribution in [3.8, 4) is 0 Å². The second-order valence-electron chi connectivity index (χ2n) is 4.83. The van der Waals surface area contributed by atoms with Gasteiger partial charge in [0.2, 0.25) is 0 Å². The lowest BCUT2D eigenvalue weighted by Crippen LogP contribution is -2.42. The van der Waals surface area contributed by atoms with Gasteiger partial charge in [0.15, 0.2) is 0 Å². The summed E-state index contributed by atoms with van der Waals surface area (Å²) < 4.78 is 5.17. The molecular weight excluding hydrogens is 250 g/mol. The van der Waals surface area contributed by atoms with Gasteiger partial charge in [0, 0.05) is 23.7 Å². The normalized spacial score (nSPS) is 13.6. The van der Waals surface area contributed by atoms with E-state index in [4.69, 9.17) is 16.3 Å². The molecule has 3 nitrogen and oxygen atoms in total. The standard InChI is InChI=1S/C14H22ClNO2/c1-4-18-10-13(17)9-16-14(2,3)11-5-7-12(15)8-6-11/h5-8,13,16-17H,4,9-10H2,1-3H3. The summed E-state index contributed by atoms with van der Waals surface area (Å²) in [5.74, 6) is 0. The Labute approximate surface area is 114 Å². The van der Waals surface area contributed by atoms with Gasteiger partial charge in [-0.2, -0.15) is 0 Å². The van der Waals surface area contributed by atoms with E-state index in [1.807, 2.05) is 31.2 Å². The Bertz CT molecular complexity index is 351. The van der Waals surface area contributed by atoms with Gasteiger partial charge in [-0.25, -0.2) is 0 Å². The van der Waals surface area contributed by atoms with Crippen LogP contribution >= 0.6 is 11.6 Å². The molecule has 0 saturated carbocycles. The Kier molecular flexibility index (Phi) is 6.09. The Morgan fingerprint density at radius 2 is 1.94 bits per heavy atom. The quantitative estimate of drug-likeness (QED) is 0.801. The van der Waals surface area contributed by atoms with E-state index >= 15 is 0 Å². The third-order valence-electron chi connectivity index (χ3n) is 2.86. The molecule has 1 rings (SSSR count). The van der Waals surface area contributed by atoms with Gasteiger partial charge in [-0.05, 0) is 38.5 Å². The number of benzene rings is 1. The van der Waals surface area contributed by atoms with Crippen LogP contribution in [0.15, 0.2) is 24.3 Å². The number of halogens is 1. The van der Waals surface area contributed by atoms with Crippen molar-refractivity contribution in [2.45, 2.75) is 32.4 Å². The predicted molar refractivity (Wildman–Crippen MR) is 75.0 cm³/mol. The van der Waals surface area contributed by atoms with Crippen molar-refractivity contribution in [3.63, 3.8) is 0 Å². The molecule has 1 unspecified atom stereocenters. The minimum absolute atomic E-state index is 0.211. The van der Waals surface area contributed by atoms with Crippen LogP contribution in [0.1, 0.15) is 26.3 Å². The smallest absolute Gasteiger partial charge is 0.0897 e. The fourth-order valence-electron chi connectivity index (χ4n) is 1.65. The molecule has 0 fully saturated rings. The fraction of sp³-hybridized carbons (Fsp3) is 0.571. The lowest BCUT2D eigenvalue weighted by atomic mass is 9.94. The van der Waals surface area contributed by atoms with Crippen molar-refractivity contribution in [2.75, 3.05) is 19.8 Å². The molecule has 0 radical (unpaired) electrons. The monoisotopic (exact) mass is 271 g/mol. The molecule has 0 aliphatic heterocycles. The predicted octanol–water partition coefficient (Wildman–Crippen LogP) is 2.56. The summed E-state index contributed by atoms with van der Waals surface area (Å²) in [5, 5.41) is 13.8. The summed E-state index contributed by atoms with van der Waals surface area (Å²) in [5.41, 5.74) is 0.924. The molecule has 2 N–H and O–H groups in total. The lowest BCUT2D eigenvalue weighted by Gasteiger charge is -2.28. The number of hydrogen-bond acceptors (Lipinski definition) is 3. The SMILES string of the molecule is CCOCC(O)CNC(C)(C)c1ccc(Cl)cc1. The molecule has 1 aromatic rings. The van der Waals surface area contributed by atoms with Crippen molar-refractivity contribution < 1.29 is 9.84 Å². The lowest BCUT2D eigenvalue weighted by molar-refractivity contribution is 0.0390. The molecule has 18 heavy (non-hydrogen) atoms. The van der Waals surface area contributed by atoms with Crippen LogP contribution in [0.25, 0.3) is 0 Å². The first kappa shape index (κ1) is 15.4. The molecule has 0 spiro atoms. The highest BCUT2D eigenvalue weighted by Gasteiger charge is 2.20. The first-order valence-electron chi connectivity index (χ1n) is 6.22. The van der Waals surface area contributed by atoms with Crippen LogP contribution in [-0.2, 0) is 10.3 Å². The summed E-state index contributed by atoms with van der Waals surface area (Å²) in [6.45, 7) is 7.54. The van der Waals surface area contributed by atoms with E-state index in [1.165, 1.54) is 0 Å². The Hall–Kier alpha value is -0.610. The van der Waals surface area contributed by atoms with Gasteiger partial charge in [0.25, 0.3) is 0 Å². The van der Waals surface area contributed by atoms with E-state index in [0.29, 0.717) is 19.8 Å². The average molecular weight is 272 g/mol. The molecule has 1 aromatic carbocycles. The van der Waals surface area contributed by atoms with Gasteiger partial charge in [-0.3, -0.25) is 0 Å². The summed E-state index contributed by atoms with van der Waals surface area (Å²) in [6.07, 6.45) is -0.489. The maximum absolute atomic E-state index is 9.73. The molecule has 0 aromatic heterocycles. The van der Waals surface area contributed by atoms with Crippen LogP contribution in [0.5, 0.6) is 0 Å². The van der Waals surface area contributed by atoms with Crippen LogP contribution in [0, 0.1) is 0 Å². The van der Waals surface area contributed by atoms with Crippen molar-refractivity contribution >= 4 is 11.6 Å². The van der Waals surface area contributed by atoms with Gasteiger partial charge in [0.1, 0.15) is 0 Å². The molecule has 0 aliphatic carbocycles. The van der Waals surface area contributed by atoms with Crippen LogP contribution in [0.3, 0.4) is 0 Å². The van der Waals surface area contributed by atoms with E-state index in [1.54, 1.807) is 0 Å². The van der Waals surface area contributed by atoms with E-state index < -0.39 is 6.10 Å². The Morgan fingerprint density at radius 3 is 2.50 bits per heavy atom. The zero-order valence-electron chi connectivity index (χ0n) is 11.2. The first-order chi connectivity index (χ1) is 8.45. The van der Waals surface area contributed by atoms with Gasteiger partial charge < -0.3 is 15.2 Å². The highest BCUT2D eigenvalue weighted by atomic mass is 35.5. The number of aliphatic hydroxyl groups is 1. The van der Waals surface area contributed by atoms with Crippen molar-refractivity contribution in [3.05, 3.63) is 34.9 Å². The number of ether oxygens (including phenoxy) is 1. The Morgan fingerprint density at radius 1 is 1.33 bits per heavy atom. The maximum Gasteiger partial charge on any atom is 0.0897 e. The minimum atomic E-state index is -0.489. The van der Waals surface area contributed by atoms with Crippen molar-refractivity contribution in [1.29, 1.82) is 0 Å². The molecular formula is C14H22ClNO2. The van der Waals surface area contributed by atoms with E-state index in [2.05, 4.69) is 19.2 Å². The molecule has 0 amide bonds. The van der Waals surface area contributed by atoms with Gasteiger partial charge in [-0.1, -0.05) is 23.7 Å². The molecule has 1 atom stereocenters. The molecule has 4 heteroatoms. The summed E-state index contributed by atoms with van der Waals surface area (Å²) in [4.78, 5) is 0. The largest absolute Gasteiger partial charge is 0.389 e. The molecule has 0 heterocycles. The molecule has 0 bridgehead atoms. The third kappa shape index (κ3) is 4.94. The fourth-order valence-corrected chi connectivity index (χ4v) is 1.78. The van der Waals surface area contributed by atoms with E-state index in [-0.39, 0.29) is 5.54 Å². The van der Waals surface area contributed by atoms with Crippen LogP contribution < -0.4 is 5.32 Å². The second-order valence-corrected chi connectivity index (χ2v) is 5.26. The summed E-state index contributed by atoms with van der Waals surface area (Å²) in [6, 6.07) is 7.72.